The van der Waals surface area contributed by atoms with Gasteiger partial charge in [0.1, 0.15) is 23.3 Å². The molecule has 0 spiro atoms. The lowest BCUT2D eigenvalue weighted by molar-refractivity contribution is 0.928. The van der Waals surface area contributed by atoms with Crippen molar-refractivity contribution in [2.45, 2.75) is 27.7 Å². The zero-order chi connectivity index (χ0) is 31.6. The van der Waals surface area contributed by atoms with Crippen LogP contribution in [-0.2, 0) is 0 Å². The van der Waals surface area contributed by atoms with Crippen LogP contribution in [-0.4, -0.2) is 44.9 Å². The van der Waals surface area contributed by atoms with E-state index < -0.39 is 0 Å². The van der Waals surface area contributed by atoms with E-state index in [4.69, 9.17) is 24.9 Å². The van der Waals surface area contributed by atoms with Crippen molar-refractivity contribution in [3.8, 4) is 68.1 Å². The van der Waals surface area contributed by atoms with Crippen molar-refractivity contribution in [3.05, 3.63) is 126 Å². The maximum Gasteiger partial charge on any atom is 0.164 e. The van der Waals surface area contributed by atoms with Crippen LogP contribution in [0.2, 0.25) is 0 Å². The van der Waals surface area contributed by atoms with Gasteiger partial charge in [-0.2, -0.15) is 0 Å². The molecule has 0 atom stereocenters. The molecular weight excluding hydrogens is 570 g/mol. The molecule has 46 heavy (non-hydrogen) atoms. The van der Waals surface area contributed by atoms with Crippen molar-refractivity contribution in [1.82, 2.24) is 44.9 Å². The normalized spacial score (nSPS) is 11.0. The number of nitrogens with zero attached hydrogens (tertiary/aromatic N) is 9. The minimum Gasteiger partial charge on any atom is -0.219 e. The molecule has 9 nitrogen and oxygen atoms in total. The van der Waals surface area contributed by atoms with Crippen LogP contribution >= 0.6 is 0 Å². The molecule has 0 aliphatic heterocycles. The van der Waals surface area contributed by atoms with Gasteiger partial charge in [0.15, 0.2) is 29.1 Å². The lowest BCUT2D eigenvalue weighted by Gasteiger charge is -2.13. The number of hydrogen-bond acceptors (Lipinski definition) is 9. The summed E-state index contributed by atoms with van der Waals surface area (Å²) < 4.78 is 0. The quantitative estimate of drug-likeness (QED) is 0.192. The average molecular weight is 600 g/mol. The molecule has 0 amide bonds. The first-order chi connectivity index (χ1) is 22.4. The second kappa shape index (κ2) is 12.1. The van der Waals surface area contributed by atoms with E-state index >= 15 is 0 Å². The van der Waals surface area contributed by atoms with Gasteiger partial charge in [0.25, 0.3) is 0 Å². The van der Waals surface area contributed by atoms with Crippen LogP contribution in [0.15, 0.2) is 103 Å². The Morgan fingerprint density at radius 3 is 1.28 bits per heavy atom. The first kappa shape index (κ1) is 28.7. The van der Waals surface area contributed by atoms with Crippen LogP contribution in [0.1, 0.15) is 23.3 Å². The Morgan fingerprint density at radius 2 is 0.696 bits per heavy atom. The summed E-state index contributed by atoms with van der Waals surface area (Å²) in [5.41, 5.74) is 6.37. The SMILES string of the molecule is Cc1nc(C)nc(-c2cccc(-c3nc(C)nc(-c4ccc(-c5nc(C)nc(-c6ccccc6)n5)c(-c5ccccc5)c4)n3)c2)n1. The van der Waals surface area contributed by atoms with Gasteiger partial charge in [0.05, 0.1) is 0 Å². The van der Waals surface area contributed by atoms with Crippen molar-refractivity contribution in [2.24, 2.45) is 0 Å². The van der Waals surface area contributed by atoms with E-state index in [9.17, 15) is 0 Å². The average Bonchev–Trinajstić information content (AvgIpc) is 3.08. The molecule has 222 valence electrons. The van der Waals surface area contributed by atoms with E-state index in [1.54, 1.807) is 0 Å². The molecule has 3 aromatic heterocycles. The summed E-state index contributed by atoms with van der Waals surface area (Å²) in [7, 11) is 0. The van der Waals surface area contributed by atoms with E-state index in [0.29, 0.717) is 52.4 Å². The maximum atomic E-state index is 4.93. The number of aromatic nitrogens is 9. The number of hydrogen-bond donors (Lipinski definition) is 0. The second-order valence-corrected chi connectivity index (χ2v) is 10.9. The first-order valence-corrected chi connectivity index (χ1v) is 14.9. The summed E-state index contributed by atoms with van der Waals surface area (Å²) in [6, 6.07) is 34.2. The van der Waals surface area contributed by atoms with Crippen LogP contribution in [0, 0.1) is 27.7 Å². The Kier molecular flexibility index (Phi) is 7.56. The third-order valence-electron chi connectivity index (χ3n) is 7.37. The molecule has 0 saturated heterocycles. The Labute approximate surface area is 266 Å². The third kappa shape index (κ3) is 5.98. The van der Waals surface area contributed by atoms with Crippen molar-refractivity contribution < 1.29 is 0 Å². The van der Waals surface area contributed by atoms with E-state index in [1.807, 2.05) is 113 Å². The van der Waals surface area contributed by atoms with Crippen molar-refractivity contribution in [1.29, 1.82) is 0 Å². The highest BCUT2D eigenvalue weighted by atomic mass is 15.0. The van der Waals surface area contributed by atoms with Gasteiger partial charge in [0, 0.05) is 27.8 Å². The molecule has 9 heteroatoms. The molecule has 0 radical (unpaired) electrons. The summed E-state index contributed by atoms with van der Waals surface area (Å²) in [5.74, 6) is 5.60. The molecule has 0 unspecified atom stereocenters. The fourth-order valence-electron chi connectivity index (χ4n) is 5.34. The fourth-order valence-corrected chi connectivity index (χ4v) is 5.34. The molecule has 0 N–H and O–H groups in total. The Balaban J connectivity index is 1.33. The lowest BCUT2D eigenvalue weighted by atomic mass is 9.96. The summed E-state index contributed by atoms with van der Waals surface area (Å²) in [5, 5.41) is 0. The van der Waals surface area contributed by atoms with Gasteiger partial charge >= 0.3 is 0 Å². The molecule has 0 bridgehead atoms. The molecule has 0 fully saturated rings. The summed E-state index contributed by atoms with van der Waals surface area (Å²) in [6.07, 6.45) is 0. The van der Waals surface area contributed by atoms with E-state index in [0.717, 1.165) is 38.9 Å². The van der Waals surface area contributed by atoms with Gasteiger partial charge in [-0.3, -0.25) is 0 Å². The Morgan fingerprint density at radius 1 is 0.283 bits per heavy atom. The third-order valence-corrected chi connectivity index (χ3v) is 7.37. The van der Waals surface area contributed by atoms with Crippen molar-refractivity contribution in [2.75, 3.05) is 0 Å². The summed E-state index contributed by atoms with van der Waals surface area (Å²) in [4.78, 5) is 42.0. The van der Waals surface area contributed by atoms with Crippen LogP contribution in [0.3, 0.4) is 0 Å². The standard InChI is InChI=1S/C37H29N9/c1-22-38-23(2)40-34(39-22)28-16-11-17-29(20-28)35-42-24(3)43-36(45-35)30-18-19-31(32(21-30)26-12-7-5-8-13-26)37-44-25(4)41-33(46-37)27-14-9-6-10-15-27/h5-21H,1-4H3. The predicted octanol–water partition coefficient (Wildman–Crippen LogP) is 7.48. The van der Waals surface area contributed by atoms with Crippen LogP contribution < -0.4 is 0 Å². The van der Waals surface area contributed by atoms with Gasteiger partial charge in [-0.15, -0.1) is 0 Å². The fraction of sp³-hybridized carbons (Fsp3) is 0.108. The second-order valence-electron chi connectivity index (χ2n) is 10.9. The molecule has 3 heterocycles. The summed E-state index contributed by atoms with van der Waals surface area (Å²) >= 11 is 0. The molecule has 0 aliphatic rings. The summed E-state index contributed by atoms with van der Waals surface area (Å²) in [6.45, 7) is 7.50. The predicted molar refractivity (Wildman–Crippen MR) is 178 cm³/mol. The van der Waals surface area contributed by atoms with Crippen LogP contribution in [0.4, 0.5) is 0 Å². The Hall–Kier alpha value is -6.09. The monoisotopic (exact) mass is 599 g/mol. The van der Waals surface area contributed by atoms with Gasteiger partial charge in [-0.05, 0) is 57.0 Å². The minimum absolute atomic E-state index is 0.567. The van der Waals surface area contributed by atoms with E-state index in [1.165, 1.54) is 0 Å². The highest BCUT2D eigenvalue weighted by Gasteiger charge is 2.17. The van der Waals surface area contributed by atoms with Crippen molar-refractivity contribution in [3.63, 3.8) is 0 Å². The number of aryl methyl sites for hydroxylation is 4. The molecular formula is C37H29N9. The highest BCUT2D eigenvalue weighted by molar-refractivity contribution is 5.84. The number of benzene rings is 4. The largest absolute Gasteiger partial charge is 0.219 e. The first-order valence-electron chi connectivity index (χ1n) is 14.9. The van der Waals surface area contributed by atoms with Gasteiger partial charge in [-0.1, -0.05) is 84.9 Å². The van der Waals surface area contributed by atoms with Gasteiger partial charge in [-0.25, -0.2) is 44.9 Å². The lowest BCUT2D eigenvalue weighted by Crippen LogP contribution is -2.02. The van der Waals surface area contributed by atoms with Gasteiger partial charge < -0.3 is 0 Å². The highest BCUT2D eigenvalue weighted by Crippen LogP contribution is 2.35. The zero-order valence-corrected chi connectivity index (χ0v) is 25.8. The minimum atomic E-state index is 0.567. The van der Waals surface area contributed by atoms with Crippen LogP contribution in [0.25, 0.3) is 68.1 Å². The maximum absolute atomic E-state index is 4.93. The molecule has 0 saturated carbocycles. The molecule has 7 aromatic rings. The number of rotatable bonds is 6. The molecule has 4 aromatic carbocycles. The van der Waals surface area contributed by atoms with E-state index in [2.05, 4.69) is 38.1 Å². The van der Waals surface area contributed by atoms with Crippen molar-refractivity contribution >= 4 is 0 Å². The zero-order valence-electron chi connectivity index (χ0n) is 25.8. The Bertz CT molecular complexity index is 2180. The van der Waals surface area contributed by atoms with E-state index in [-0.39, 0.29) is 0 Å². The molecule has 0 aliphatic carbocycles. The smallest absolute Gasteiger partial charge is 0.164 e. The van der Waals surface area contributed by atoms with Crippen LogP contribution in [0.5, 0.6) is 0 Å². The van der Waals surface area contributed by atoms with Gasteiger partial charge in [0.2, 0.25) is 0 Å². The topological polar surface area (TPSA) is 116 Å². The molecule has 7 rings (SSSR count).